The van der Waals surface area contributed by atoms with Gasteiger partial charge in [-0.15, -0.1) is 0 Å². The van der Waals surface area contributed by atoms with Crippen LogP contribution in [0.4, 0.5) is 4.39 Å². The van der Waals surface area contributed by atoms with Gasteiger partial charge in [-0.2, -0.15) is 0 Å². The lowest BCUT2D eigenvalue weighted by Crippen LogP contribution is -2.62. The minimum absolute atomic E-state index is 0.210. The lowest BCUT2D eigenvalue weighted by Gasteiger charge is -2.47. The van der Waals surface area contributed by atoms with Crippen LogP contribution in [-0.2, 0) is 6.54 Å². The molecule has 2 fully saturated rings. The molecule has 0 spiro atoms. The van der Waals surface area contributed by atoms with Crippen molar-refractivity contribution in [3.63, 3.8) is 0 Å². The highest BCUT2D eigenvalue weighted by atomic mass is 35.5. The Morgan fingerprint density at radius 2 is 2.00 bits per heavy atom. The van der Waals surface area contributed by atoms with E-state index >= 15 is 0 Å². The Kier molecular flexibility index (Phi) is 4.03. The van der Waals surface area contributed by atoms with E-state index in [-0.39, 0.29) is 5.82 Å². The van der Waals surface area contributed by atoms with Crippen LogP contribution in [0.1, 0.15) is 5.56 Å². The molecule has 2 aliphatic rings. The Hall–Kier alpha value is -0.680. The maximum absolute atomic E-state index is 13.2. The first kappa shape index (κ1) is 13.3. The number of hydrogen-bond donors (Lipinski definition) is 1. The molecule has 2 saturated heterocycles. The standard InChI is InChI=1S/C14H19ClFN3/c15-14-2-1-12(16)7-11(14)8-18-9-13(10-18)19-5-3-17-4-6-19/h1-2,7,13,17H,3-6,8-10H2. The van der Waals surface area contributed by atoms with Crippen molar-refractivity contribution in [1.82, 2.24) is 15.1 Å². The first-order chi connectivity index (χ1) is 9.22. The third kappa shape index (κ3) is 3.08. The molecule has 1 aromatic rings. The van der Waals surface area contributed by atoms with E-state index in [1.807, 2.05) is 0 Å². The summed E-state index contributed by atoms with van der Waals surface area (Å²) in [6, 6.07) is 5.25. The quantitative estimate of drug-likeness (QED) is 0.908. The molecule has 2 heterocycles. The molecular formula is C14H19ClFN3. The van der Waals surface area contributed by atoms with E-state index in [1.165, 1.54) is 6.07 Å². The number of hydrogen-bond acceptors (Lipinski definition) is 3. The summed E-state index contributed by atoms with van der Waals surface area (Å²) < 4.78 is 13.2. The van der Waals surface area contributed by atoms with Gasteiger partial charge >= 0.3 is 0 Å². The van der Waals surface area contributed by atoms with Crippen molar-refractivity contribution in [3.05, 3.63) is 34.6 Å². The van der Waals surface area contributed by atoms with Crippen molar-refractivity contribution in [2.45, 2.75) is 12.6 Å². The summed E-state index contributed by atoms with van der Waals surface area (Å²) in [5.74, 6) is -0.210. The van der Waals surface area contributed by atoms with Crippen LogP contribution in [0.25, 0.3) is 0 Å². The molecule has 0 saturated carbocycles. The zero-order valence-electron chi connectivity index (χ0n) is 10.9. The summed E-state index contributed by atoms with van der Waals surface area (Å²) in [4.78, 5) is 4.87. The zero-order valence-corrected chi connectivity index (χ0v) is 11.7. The van der Waals surface area contributed by atoms with Gasteiger partial charge in [0, 0.05) is 56.9 Å². The Morgan fingerprint density at radius 1 is 1.26 bits per heavy atom. The largest absolute Gasteiger partial charge is 0.314 e. The molecule has 5 heteroatoms. The molecule has 0 atom stereocenters. The van der Waals surface area contributed by atoms with Crippen molar-refractivity contribution in [3.8, 4) is 0 Å². The van der Waals surface area contributed by atoms with E-state index in [0.717, 1.165) is 51.4 Å². The maximum Gasteiger partial charge on any atom is 0.123 e. The number of rotatable bonds is 3. The molecule has 3 rings (SSSR count). The van der Waals surface area contributed by atoms with Crippen molar-refractivity contribution in [2.75, 3.05) is 39.3 Å². The highest BCUT2D eigenvalue weighted by Crippen LogP contribution is 2.23. The van der Waals surface area contributed by atoms with E-state index in [2.05, 4.69) is 15.1 Å². The summed E-state index contributed by atoms with van der Waals surface area (Å²) >= 11 is 6.09. The summed E-state index contributed by atoms with van der Waals surface area (Å²) in [5, 5.41) is 4.03. The van der Waals surface area contributed by atoms with Crippen LogP contribution in [0.15, 0.2) is 18.2 Å². The number of likely N-dealkylation sites (tertiary alicyclic amines) is 1. The fourth-order valence-electron chi connectivity index (χ4n) is 2.86. The molecular weight excluding hydrogens is 265 g/mol. The average molecular weight is 284 g/mol. The number of nitrogens with one attached hydrogen (secondary N) is 1. The molecule has 1 N–H and O–H groups in total. The van der Waals surface area contributed by atoms with Gasteiger partial charge in [0.25, 0.3) is 0 Å². The zero-order chi connectivity index (χ0) is 13.2. The third-order valence-electron chi connectivity index (χ3n) is 4.01. The first-order valence-electron chi connectivity index (χ1n) is 6.83. The monoisotopic (exact) mass is 283 g/mol. The lowest BCUT2D eigenvalue weighted by molar-refractivity contribution is 0.0223. The lowest BCUT2D eigenvalue weighted by atomic mass is 10.0. The third-order valence-corrected chi connectivity index (χ3v) is 4.38. The first-order valence-corrected chi connectivity index (χ1v) is 7.21. The van der Waals surface area contributed by atoms with Gasteiger partial charge in [-0.1, -0.05) is 11.6 Å². The normalized spacial score (nSPS) is 22.4. The van der Waals surface area contributed by atoms with Crippen LogP contribution in [0, 0.1) is 5.82 Å². The molecule has 0 unspecified atom stereocenters. The van der Waals surface area contributed by atoms with Crippen LogP contribution < -0.4 is 5.32 Å². The van der Waals surface area contributed by atoms with Crippen LogP contribution in [0.3, 0.4) is 0 Å². The molecule has 104 valence electrons. The Bertz CT molecular complexity index is 442. The number of piperazine rings is 1. The number of benzene rings is 1. The maximum atomic E-state index is 13.2. The van der Waals surface area contributed by atoms with Gasteiger partial charge in [0.2, 0.25) is 0 Å². The minimum atomic E-state index is -0.210. The molecule has 19 heavy (non-hydrogen) atoms. The summed E-state index contributed by atoms with van der Waals surface area (Å²) in [7, 11) is 0. The second kappa shape index (κ2) is 5.75. The van der Waals surface area contributed by atoms with Gasteiger partial charge in [-0.25, -0.2) is 4.39 Å². The fourth-order valence-corrected chi connectivity index (χ4v) is 3.03. The van der Waals surface area contributed by atoms with Crippen LogP contribution >= 0.6 is 11.6 Å². The predicted molar refractivity (Wildman–Crippen MR) is 74.9 cm³/mol. The predicted octanol–water partition coefficient (Wildman–Crippen LogP) is 1.57. The van der Waals surface area contributed by atoms with Crippen LogP contribution in [0.5, 0.6) is 0 Å². The second-order valence-corrected chi connectivity index (χ2v) is 5.78. The molecule has 3 nitrogen and oxygen atoms in total. The van der Waals surface area contributed by atoms with E-state index in [1.54, 1.807) is 12.1 Å². The summed E-state index contributed by atoms with van der Waals surface area (Å²) in [5.41, 5.74) is 0.889. The highest BCUT2D eigenvalue weighted by molar-refractivity contribution is 6.31. The van der Waals surface area contributed by atoms with E-state index in [4.69, 9.17) is 11.6 Å². The highest BCUT2D eigenvalue weighted by Gasteiger charge is 2.32. The molecule has 0 aliphatic carbocycles. The van der Waals surface area contributed by atoms with Gasteiger partial charge in [0.15, 0.2) is 0 Å². The minimum Gasteiger partial charge on any atom is -0.314 e. The number of halogens is 2. The Labute approximate surface area is 118 Å². The van der Waals surface area contributed by atoms with Crippen molar-refractivity contribution in [1.29, 1.82) is 0 Å². The van der Waals surface area contributed by atoms with Crippen molar-refractivity contribution >= 4 is 11.6 Å². The van der Waals surface area contributed by atoms with Gasteiger partial charge in [0.05, 0.1) is 0 Å². The van der Waals surface area contributed by atoms with E-state index < -0.39 is 0 Å². The average Bonchev–Trinajstić information content (AvgIpc) is 2.38. The molecule has 0 aromatic heterocycles. The van der Waals surface area contributed by atoms with E-state index in [0.29, 0.717) is 11.1 Å². The number of nitrogens with zero attached hydrogens (tertiary/aromatic N) is 2. The molecule has 2 aliphatic heterocycles. The van der Waals surface area contributed by atoms with Crippen LogP contribution in [0.2, 0.25) is 5.02 Å². The van der Waals surface area contributed by atoms with Crippen molar-refractivity contribution in [2.24, 2.45) is 0 Å². The van der Waals surface area contributed by atoms with Crippen molar-refractivity contribution < 1.29 is 4.39 Å². The van der Waals surface area contributed by atoms with Gasteiger partial charge in [-0.3, -0.25) is 9.80 Å². The molecule has 1 aromatic carbocycles. The second-order valence-electron chi connectivity index (χ2n) is 5.37. The van der Waals surface area contributed by atoms with E-state index in [9.17, 15) is 4.39 Å². The van der Waals surface area contributed by atoms with Gasteiger partial charge in [0.1, 0.15) is 5.82 Å². The van der Waals surface area contributed by atoms with Crippen LogP contribution in [-0.4, -0.2) is 55.1 Å². The van der Waals surface area contributed by atoms with Gasteiger partial charge < -0.3 is 5.32 Å². The summed E-state index contributed by atoms with van der Waals surface area (Å²) in [6.07, 6.45) is 0. The Balaban J connectivity index is 1.52. The molecule has 0 radical (unpaired) electrons. The molecule has 0 amide bonds. The fraction of sp³-hybridized carbons (Fsp3) is 0.571. The van der Waals surface area contributed by atoms with Gasteiger partial charge in [-0.05, 0) is 23.8 Å². The SMILES string of the molecule is Fc1ccc(Cl)c(CN2CC(N3CCNCC3)C2)c1. The Morgan fingerprint density at radius 3 is 2.74 bits per heavy atom. The summed E-state index contributed by atoms with van der Waals surface area (Å²) in [6.45, 7) is 7.33. The smallest absolute Gasteiger partial charge is 0.123 e. The topological polar surface area (TPSA) is 18.5 Å². The molecule has 0 bridgehead atoms.